The van der Waals surface area contributed by atoms with Crippen LogP contribution in [0.1, 0.15) is 373 Å². The Morgan fingerprint density at radius 3 is 0.921 bits per heavy atom. The Morgan fingerprint density at radius 1 is 0.348 bits per heavy atom. The summed E-state index contributed by atoms with van der Waals surface area (Å²) in [6.07, 6.45) is 100.0. The van der Waals surface area contributed by atoms with Crippen LogP contribution in [-0.4, -0.2) is 49.3 Å². The summed E-state index contributed by atoms with van der Waals surface area (Å²) in [7, 11) is -4.40. The van der Waals surface area contributed by atoms with E-state index < -0.39 is 26.5 Å². The summed E-state index contributed by atoms with van der Waals surface area (Å²) < 4.78 is 33.2. The van der Waals surface area contributed by atoms with Gasteiger partial charge in [0.25, 0.3) is 0 Å². The molecule has 0 bridgehead atoms. The molecule has 89 heavy (non-hydrogen) atoms. The average Bonchev–Trinajstić information content (AvgIpc) is 3.64. The second kappa shape index (κ2) is 74.2. The van der Waals surface area contributed by atoms with Crippen molar-refractivity contribution in [1.29, 1.82) is 0 Å². The summed E-state index contributed by atoms with van der Waals surface area (Å²) in [5.41, 5.74) is 5.41. The van der Waals surface area contributed by atoms with Crippen LogP contribution in [0, 0.1) is 0 Å². The number of esters is 2. The number of carbonyl (C=O) groups is 2. The van der Waals surface area contributed by atoms with E-state index in [0.29, 0.717) is 6.42 Å². The van der Waals surface area contributed by atoms with Gasteiger partial charge in [0.15, 0.2) is 6.10 Å². The number of phosphoric ester groups is 1. The maximum Gasteiger partial charge on any atom is 0.472 e. The number of unbranched alkanes of at least 4 members (excludes halogenated alkanes) is 45. The van der Waals surface area contributed by atoms with Crippen molar-refractivity contribution in [2.45, 2.75) is 380 Å². The molecule has 2 unspecified atom stereocenters. The first-order chi connectivity index (χ1) is 43.8. The van der Waals surface area contributed by atoms with E-state index in [9.17, 15) is 19.0 Å². The molecule has 3 N–H and O–H groups in total. The maximum absolute atomic E-state index is 12.8. The van der Waals surface area contributed by atoms with Gasteiger partial charge in [-0.2, -0.15) is 0 Å². The van der Waals surface area contributed by atoms with Gasteiger partial charge < -0.3 is 20.1 Å². The second-order valence-electron chi connectivity index (χ2n) is 25.5. The normalized spacial score (nSPS) is 13.3. The lowest BCUT2D eigenvalue weighted by Crippen LogP contribution is -2.29. The Morgan fingerprint density at radius 2 is 0.618 bits per heavy atom. The third kappa shape index (κ3) is 74.1. The van der Waals surface area contributed by atoms with Gasteiger partial charge in [-0.15, -0.1) is 0 Å². The van der Waals surface area contributed by atoms with Crippen LogP contribution in [0.15, 0.2) is 85.1 Å². The lowest BCUT2D eigenvalue weighted by molar-refractivity contribution is -0.161. The summed E-state index contributed by atoms with van der Waals surface area (Å²) in [5.74, 6) is -0.817. The first-order valence-electron chi connectivity index (χ1n) is 38.1. The van der Waals surface area contributed by atoms with Crippen molar-refractivity contribution in [2.24, 2.45) is 5.73 Å². The van der Waals surface area contributed by atoms with E-state index in [2.05, 4.69) is 98.9 Å². The van der Waals surface area contributed by atoms with Gasteiger partial charge in [-0.25, -0.2) is 4.57 Å². The van der Waals surface area contributed by atoms with E-state index in [-0.39, 0.29) is 38.6 Å². The van der Waals surface area contributed by atoms with E-state index in [0.717, 1.165) is 83.5 Å². The summed E-state index contributed by atoms with van der Waals surface area (Å²) >= 11 is 0. The number of carbonyl (C=O) groups excluding carboxylic acids is 2. The number of rotatable bonds is 72. The molecule has 0 aliphatic carbocycles. The van der Waals surface area contributed by atoms with Gasteiger partial charge in [-0.05, 0) is 89.9 Å². The smallest absolute Gasteiger partial charge is 0.462 e. The van der Waals surface area contributed by atoms with E-state index in [4.69, 9.17) is 24.3 Å². The fraction of sp³-hybridized carbons (Fsp3) is 0.797. The van der Waals surface area contributed by atoms with Crippen LogP contribution in [0.5, 0.6) is 0 Å². The number of nitrogens with two attached hydrogens (primary N) is 1. The summed E-state index contributed by atoms with van der Waals surface area (Å²) in [6.45, 7) is 3.67. The molecule has 0 aromatic heterocycles. The second-order valence-corrected chi connectivity index (χ2v) is 26.9. The van der Waals surface area contributed by atoms with Gasteiger partial charge in [-0.3, -0.25) is 18.6 Å². The SMILES string of the molecule is CC/C=C\C/C=C\C/C=C\C/C=C\C/C=C\CCCCCCCCCCCCCC(=O)OC(COC(=O)CCCCCCCCCCCCCCCCCCCCCCCCCCCCCCC/C=C\C/C=C\CCCCCCC)COP(=O)(O)OCCN. The largest absolute Gasteiger partial charge is 0.472 e. The molecule has 9 nitrogen and oxygen atoms in total. The minimum absolute atomic E-state index is 0.0518. The molecule has 0 aromatic rings. The highest BCUT2D eigenvalue weighted by molar-refractivity contribution is 7.47. The molecule has 0 heterocycles. The zero-order valence-electron chi connectivity index (χ0n) is 58.4. The molecule has 0 radical (unpaired) electrons. The number of allylic oxidation sites excluding steroid dienone is 14. The lowest BCUT2D eigenvalue weighted by atomic mass is 10.0. The van der Waals surface area contributed by atoms with Crippen molar-refractivity contribution in [1.82, 2.24) is 0 Å². The molecule has 0 aromatic carbocycles. The molecule has 0 amide bonds. The fourth-order valence-corrected chi connectivity index (χ4v) is 11.9. The Kier molecular flexibility index (Phi) is 71.9. The molecule has 518 valence electrons. The third-order valence-corrected chi connectivity index (χ3v) is 17.7. The zero-order chi connectivity index (χ0) is 64.4. The average molecular weight is 1270 g/mol. The van der Waals surface area contributed by atoms with E-state index >= 15 is 0 Å². The van der Waals surface area contributed by atoms with Crippen molar-refractivity contribution >= 4 is 19.8 Å². The predicted octanol–water partition coefficient (Wildman–Crippen LogP) is 25.3. The minimum atomic E-state index is -4.40. The highest BCUT2D eigenvalue weighted by Crippen LogP contribution is 2.43. The topological polar surface area (TPSA) is 134 Å². The number of hydrogen-bond acceptors (Lipinski definition) is 8. The van der Waals surface area contributed by atoms with Crippen molar-refractivity contribution in [3.8, 4) is 0 Å². The summed E-state index contributed by atoms with van der Waals surface area (Å²) in [5, 5.41) is 0. The monoisotopic (exact) mass is 1270 g/mol. The summed E-state index contributed by atoms with van der Waals surface area (Å²) in [6, 6.07) is 0. The first kappa shape index (κ1) is 86.2. The lowest BCUT2D eigenvalue weighted by Gasteiger charge is -2.19. The fourth-order valence-electron chi connectivity index (χ4n) is 11.2. The van der Waals surface area contributed by atoms with Crippen LogP contribution >= 0.6 is 7.82 Å². The number of hydrogen-bond donors (Lipinski definition) is 2. The summed E-state index contributed by atoms with van der Waals surface area (Å²) in [4.78, 5) is 35.4. The molecule has 0 spiro atoms. The molecule has 0 saturated carbocycles. The van der Waals surface area contributed by atoms with E-state index in [1.807, 2.05) is 0 Å². The standard InChI is InChI=1S/C79H144NO8P/c1-3-5-7-9-11-13-15-17-19-21-23-25-27-29-31-32-33-34-35-36-37-38-39-40-41-42-43-44-46-47-49-51-53-55-57-59-61-63-65-67-69-71-78(81)85-75-77(76-87-89(83,84)86-74-73-80)88-79(82)72-70-68-66-64-62-60-58-56-54-52-50-48-45-30-28-26-24-22-20-18-16-14-12-10-8-6-4-2/h6,8,12,14-15,17-18,20-21,23-24,26,30,45,77H,3-5,7,9-11,13,16,19,22,25,27-29,31-44,46-76,80H2,1-2H3,(H,83,84)/b8-6-,14-12-,17-15-,20-18-,23-21-,26-24-,45-30-. The Bertz CT molecular complexity index is 1740. The van der Waals surface area contributed by atoms with Crippen LogP contribution in [0.25, 0.3) is 0 Å². The van der Waals surface area contributed by atoms with Gasteiger partial charge in [0.2, 0.25) is 0 Å². The van der Waals surface area contributed by atoms with Crippen molar-refractivity contribution in [3.63, 3.8) is 0 Å². The highest BCUT2D eigenvalue weighted by Gasteiger charge is 2.26. The van der Waals surface area contributed by atoms with Gasteiger partial charge >= 0.3 is 19.8 Å². The maximum atomic E-state index is 12.8. The quantitative estimate of drug-likeness (QED) is 0.0264. The van der Waals surface area contributed by atoms with Crippen molar-refractivity contribution in [3.05, 3.63) is 85.1 Å². The van der Waals surface area contributed by atoms with Crippen LogP contribution in [0.4, 0.5) is 0 Å². The van der Waals surface area contributed by atoms with E-state index in [1.54, 1.807) is 0 Å². The van der Waals surface area contributed by atoms with Gasteiger partial charge in [0, 0.05) is 19.4 Å². The van der Waals surface area contributed by atoms with Crippen molar-refractivity contribution in [2.75, 3.05) is 26.4 Å². The molecule has 0 fully saturated rings. The Balaban J connectivity index is 3.77. The van der Waals surface area contributed by atoms with Crippen LogP contribution in [-0.2, 0) is 32.7 Å². The van der Waals surface area contributed by atoms with Gasteiger partial charge in [0.05, 0.1) is 13.2 Å². The van der Waals surface area contributed by atoms with Crippen molar-refractivity contribution < 1.29 is 37.6 Å². The third-order valence-electron chi connectivity index (χ3n) is 16.8. The van der Waals surface area contributed by atoms with Gasteiger partial charge in [0.1, 0.15) is 6.61 Å². The molecule has 10 heteroatoms. The van der Waals surface area contributed by atoms with Crippen LogP contribution in [0.2, 0.25) is 0 Å². The molecular weight excluding hydrogens is 1120 g/mol. The Hall–Kier alpha value is -2.81. The molecule has 2 atom stereocenters. The van der Waals surface area contributed by atoms with E-state index in [1.165, 1.54) is 257 Å². The van der Waals surface area contributed by atoms with Crippen LogP contribution < -0.4 is 5.73 Å². The predicted molar refractivity (Wildman–Crippen MR) is 386 cm³/mol. The Labute approximate surface area is 551 Å². The molecular formula is C79H144NO8P. The first-order valence-corrected chi connectivity index (χ1v) is 39.6. The molecule has 0 aliphatic rings. The van der Waals surface area contributed by atoms with Gasteiger partial charge in [-0.1, -0.05) is 356 Å². The zero-order valence-corrected chi connectivity index (χ0v) is 59.3. The minimum Gasteiger partial charge on any atom is -0.462 e. The van der Waals surface area contributed by atoms with Crippen LogP contribution in [0.3, 0.4) is 0 Å². The molecule has 0 aliphatic heterocycles. The molecule has 0 saturated heterocycles. The number of phosphoric acid groups is 1. The molecule has 0 rings (SSSR count). The highest BCUT2D eigenvalue weighted by atomic mass is 31.2. The number of ether oxygens (including phenoxy) is 2.